The average molecular weight is 255 g/mol. The van der Waals surface area contributed by atoms with Crippen LogP contribution in [-0.2, 0) is 4.79 Å². The summed E-state index contributed by atoms with van der Waals surface area (Å²) in [4.78, 5) is 11.1. The van der Waals surface area contributed by atoms with Gasteiger partial charge in [-0.25, -0.2) is 0 Å². The molecule has 1 aromatic carbocycles. The molecule has 1 fully saturated rings. The van der Waals surface area contributed by atoms with E-state index in [4.69, 9.17) is 0 Å². The summed E-state index contributed by atoms with van der Waals surface area (Å²) in [5.74, 6) is -0.0109. The number of anilines is 1. The van der Waals surface area contributed by atoms with Crippen LogP contribution in [0.5, 0.6) is 0 Å². The molecule has 1 unspecified atom stereocenters. The summed E-state index contributed by atoms with van der Waals surface area (Å²) < 4.78 is 0. The molecule has 0 aliphatic carbocycles. The summed E-state index contributed by atoms with van der Waals surface area (Å²) in [6, 6.07) is 8.42. The van der Waals surface area contributed by atoms with Crippen LogP contribution in [0.4, 0.5) is 5.69 Å². The van der Waals surface area contributed by atoms with Crippen LogP contribution in [0.2, 0.25) is 0 Å². The van der Waals surface area contributed by atoms with Crippen LogP contribution in [0.1, 0.15) is 37.8 Å². The number of hydrogen-bond acceptors (Lipinski definition) is 2. The first-order valence-corrected chi connectivity index (χ1v) is 5.87. The lowest BCUT2D eigenvalue weighted by Gasteiger charge is -2.25. The van der Waals surface area contributed by atoms with Crippen LogP contribution in [-0.4, -0.2) is 12.5 Å². The average Bonchev–Trinajstić information content (AvgIpc) is 2.30. The lowest BCUT2D eigenvalue weighted by atomic mass is 9.96. The smallest absolute Gasteiger partial charge is 0.221 e. The first-order valence-electron chi connectivity index (χ1n) is 5.87. The molecule has 0 aromatic heterocycles. The minimum atomic E-state index is -0.0109. The Labute approximate surface area is 108 Å². The molecular formula is C13H19ClN2O. The number of nitrogens with one attached hydrogen (secondary N) is 2. The Morgan fingerprint density at radius 2 is 2.12 bits per heavy atom. The maximum atomic E-state index is 11.1. The molecule has 0 radical (unpaired) electrons. The fraction of sp³-hybridized carbons (Fsp3) is 0.462. The van der Waals surface area contributed by atoms with E-state index in [9.17, 15) is 4.79 Å². The monoisotopic (exact) mass is 254 g/mol. The maximum absolute atomic E-state index is 11.1. The quantitative estimate of drug-likeness (QED) is 0.852. The Kier molecular flexibility index (Phi) is 5.45. The van der Waals surface area contributed by atoms with Crippen molar-refractivity contribution in [2.75, 3.05) is 11.9 Å². The highest BCUT2D eigenvalue weighted by Crippen LogP contribution is 2.28. The highest BCUT2D eigenvalue weighted by molar-refractivity contribution is 5.89. The third-order valence-corrected chi connectivity index (χ3v) is 2.96. The van der Waals surface area contributed by atoms with Gasteiger partial charge in [-0.15, -0.1) is 12.4 Å². The van der Waals surface area contributed by atoms with Gasteiger partial charge in [0.25, 0.3) is 0 Å². The highest BCUT2D eigenvalue weighted by atomic mass is 35.5. The molecule has 1 amide bonds. The maximum Gasteiger partial charge on any atom is 0.221 e. The van der Waals surface area contributed by atoms with Gasteiger partial charge in [-0.2, -0.15) is 0 Å². The molecule has 3 nitrogen and oxygen atoms in total. The molecule has 0 spiro atoms. The predicted octanol–water partition coefficient (Wildman–Crippen LogP) is 2.88. The third kappa shape index (κ3) is 3.72. The molecule has 0 bridgehead atoms. The van der Waals surface area contributed by atoms with Gasteiger partial charge in [-0.3, -0.25) is 4.79 Å². The summed E-state index contributed by atoms with van der Waals surface area (Å²) in [5.41, 5.74) is 2.15. The van der Waals surface area contributed by atoms with Gasteiger partial charge < -0.3 is 10.6 Å². The molecule has 1 aliphatic heterocycles. The van der Waals surface area contributed by atoms with E-state index in [1.807, 2.05) is 18.2 Å². The molecule has 0 saturated carbocycles. The fourth-order valence-electron chi connectivity index (χ4n) is 2.22. The van der Waals surface area contributed by atoms with Crippen LogP contribution in [0.15, 0.2) is 24.3 Å². The van der Waals surface area contributed by atoms with Gasteiger partial charge in [0.1, 0.15) is 0 Å². The molecule has 17 heavy (non-hydrogen) atoms. The molecule has 4 heteroatoms. The molecule has 1 aliphatic rings. The number of amides is 1. The molecule has 2 N–H and O–H groups in total. The van der Waals surface area contributed by atoms with Crippen LogP contribution in [0.3, 0.4) is 0 Å². The summed E-state index contributed by atoms with van der Waals surface area (Å²) in [6.45, 7) is 2.62. The molecule has 1 heterocycles. The van der Waals surface area contributed by atoms with Gasteiger partial charge >= 0.3 is 0 Å². The van der Waals surface area contributed by atoms with Crippen molar-refractivity contribution < 1.29 is 4.79 Å². The van der Waals surface area contributed by atoms with Crippen LogP contribution < -0.4 is 10.6 Å². The van der Waals surface area contributed by atoms with Gasteiger partial charge in [0.15, 0.2) is 0 Å². The van der Waals surface area contributed by atoms with E-state index in [-0.39, 0.29) is 18.3 Å². The van der Waals surface area contributed by atoms with Gasteiger partial charge in [0, 0.05) is 18.7 Å². The molecule has 94 valence electrons. The topological polar surface area (TPSA) is 41.1 Å². The summed E-state index contributed by atoms with van der Waals surface area (Å²) >= 11 is 0. The fourth-order valence-corrected chi connectivity index (χ4v) is 2.22. The number of carbonyl (C=O) groups excluding carboxylic acids is 1. The Hall–Kier alpha value is -1.06. The number of hydrogen-bond donors (Lipinski definition) is 2. The number of piperidine rings is 1. The lowest BCUT2D eigenvalue weighted by Crippen LogP contribution is -2.27. The van der Waals surface area contributed by atoms with E-state index in [0.717, 1.165) is 18.7 Å². The first kappa shape index (κ1) is 14.0. The zero-order valence-electron chi connectivity index (χ0n) is 10.0. The Balaban J connectivity index is 0.00000144. The van der Waals surface area contributed by atoms with Gasteiger partial charge in [0.05, 0.1) is 0 Å². The van der Waals surface area contributed by atoms with Gasteiger partial charge in [-0.1, -0.05) is 24.6 Å². The standard InChI is InChI=1S/C13H18N2O.ClH/c1-10(16)15-13-8-3-2-6-11(13)12-7-4-5-9-14-12;/h2-3,6,8,12,14H,4-5,7,9H2,1H3,(H,15,16);1H. The van der Waals surface area contributed by atoms with E-state index in [2.05, 4.69) is 16.7 Å². The number of para-hydroxylation sites is 1. The largest absolute Gasteiger partial charge is 0.326 e. The van der Waals surface area contributed by atoms with Crippen molar-refractivity contribution in [3.8, 4) is 0 Å². The second kappa shape index (κ2) is 6.62. The zero-order valence-corrected chi connectivity index (χ0v) is 10.8. The molecular weight excluding hydrogens is 236 g/mol. The van der Waals surface area contributed by atoms with Crippen molar-refractivity contribution in [2.24, 2.45) is 0 Å². The molecule has 2 rings (SSSR count). The molecule has 1 atom stereocenters. The molecule has 1 aromatic rings. The highest BCUT2D eigenvalue weighted by Gasteiger charge is 2.17. The van der Waals surface area contributed by atoms with Gasteiger partial charge in [-0.05, 0) is 31.0 Å². The van der Waals surface area contributed by atoms with Crippen LogP contribution >= 0.6 is 12.4 Å². The van der Waals surface area contributed by atoms with Crippen molar-refractivity contribution in [3.63, 3.8) is 0 Å². The Morgan fingerprint density at radius 3 is 2.76 bits per heavy atom. The summed E-state index contributed by atoms with van der Waals surface area (Å²) in [6.07, 6.45) is 3.65. The molecule has 1 saturated heterocycles. The second-order valence-corrected chi connectivity index (χ2v) is 4.27. The second-order valence-electron chi connectivity index (χ2n) is 4.27. The van der Waals surface area contributed by atoms with E-state index in [1.165, 1.54) is 18.4 Å². The van der Waals surface area contributed by atoms with E-state index >= 15 is 0 Å². The lowest BCUT2D eigenvalue weighted by molar-refractivity contribution is -0.114. The minimum Gasteiger partial charge on any atom is -0.326 e. The Morgan fingerprint density at radius 1 is 1.35 bits per heavy atom. The van der Waals surface area contributed by atoms with Crippen molar-refractivity contribution >= 4 is 24.0 Å². The van der Waals surface area contributed by atoms with Crippen LogP contribution in [0, 0.1) is 0 Å². The number of benzene rings is 1. The SMILES string of the molecule is CC(=O)Nc1ccccc1C1CCCCN1.Cl. The number of halogens is 1. The third-order valence-electron chi connectivity index (χ3n) is 2.96. The van der Waals surface area contributed by atoms with Crippen molar-refractivity contribution in [1.29, 1.82) is 0 Å². The van der Waals surface area contributed by atoms with Gasteiger partial charge in [0.2, 0.25) is 5.91 Å². The first-order chi connectivity index (χ1) is 7.77. The summed E-state index contributed by atoms with van der Waals surface area (Å²) in [5, 5.41) is 6.39. The summed E-state index contributed by atoms with van der Waals surface area (Å²) in [7, 11) is 0. The van der Waals surface area contributed by atoms with Crippen LogP contribution in [0.25, 0.3) is 0 Å². The van der Waals surface area contributed by atoms with Crippen molar-refractivity contribution in [2.45, 2.75) is 32.2 Å². The normalized spacial score (nSPS) is 19.2. The van der Waals surface area contributed by atoms with E-state index < -0.39 is 0 Å². The number of rotatable bonds is 2. The Bertz CT molecular complexity index is 375. The number of carbonyl (C=O) groups is 1. The minimum absolute atomic E-state index is 0. The zero-order chi connectivity index (χ0) is 11.4. The predicted molar refractivity (Wildman–Crippen MR) is 72.6 cm³/mol. The van der Waals surface area contributed by atoms with E-state index in [0.29, 0.717) is 6.04 Å². The van der Waals surface area contributed by atoms with E-state index in [1.54, 1.807) is 6.92 Å². The van der Waals surface area contributed by atoms with Crippen molar-refractivity contribution in [3.05, 3.63) is 29.8 Å². The van der Waals surface area contributed by atoms with Crippen molar-refractivity contribution in [1.82, 2.24) is 5.32 Å².